The highest BCUT2D eigenvalue weighted by Gasteiger charge is 2.30. The van der Waals surface area contributed by atoms with Crippen molar-refractivity contribution in [1.29, 1.82) is 5.26 Å². The van der Waals surface area contributed by atoms with Gasteiger partial charge in [-0.2, -0.15) is 18.4 Å². The minimum atomic E-state index is -4.38. The van der Waals surface area contributed by atoms with Gasteiger partial charge in [0.2, 0.25) is 0 Å². The molecule has 0 saturated carbocycles. The molecule has 0 saturated heterocycles. The number of fused-ring (bicyclic) bond motifs is 2. The van der Waals surface area contributed by atoms with Gasteiger partial charge in [-0.3, -0.25) is 4.79 Å². The highest BCUT2D eigenvalue weighted by molar-refractivity contribution is 8.01. The van der Waals surface area contributed by atoms with E-state index in [2.05, 4.69) is 24.5 Å². The van der Waals surface area contributed by atoms with Crippen LogP contribution < -0.4 is 10.9 Å². The van der Waals surface area contributed by atoms with Crippen LogP contribution in [0.2, 0.25) is 0 Å². The summed E-state index contributed by atoms with van der Waals surface area (Å²) in [4.78, 5) is 16.0. The summed E-state index contributed by atoms with van der Waals surface area (Å²) < 4.78 is 36.0. The van der Waals surface area contributed by atoms with Crippen LogP contribution in [0.5, 0.6) is 0 Å². The Bertz CT molecular complexity index is 1310. The summed E-state index contributed by atoms with van der Waals surface area (Å²) in [5.74, 6) is 6.86. The molecule has 1 aromatic carbocycles. The lowest BCUT2D eigenvalue weighted by molar-refractivity contribution is -0.137. The van der Waals surface area contributed by atoms with E-state index >= 15 is 0 Å². The number of hydrogen-bond acceptors (Lipinski definition) is 7. The molecule has 39 heavy (non-hydrogen) atoms. The van der Waals surface area contributed by atoms with Crippen LogP contribution >= 0.6 is 23.1 Å². The molecule has 0 spiro atoms. The Hall–Kier alpha value is -2.87. The lowest BCUT2D eigenvalue weighted by atomic mass is 9.98. The van der Waals surface area contributed by atoms with E-state index in [9.17, 15) is 23.2 Å². The Labute approximate surface area is 236 Å². The van der Waals surface area contributed by atoms with E-state index in [1.165, 1.54) is 59.6 Å². The third-order valence-corrected chi connectivity index (χ3v) is 7.91. The molecule has 1 aliphatic carbocycles. The number of hydrazine groups is 1. The summed E-state index contributed by atoms with van der Waals surface area (Å²) in [5.41, 5.74) is 3.82. The van der Waals surface area contributed by atoms with Gasteiger partial charge in [0.25, 0.3) is 0 Å². The van der Waals surface area contributed by atoms with Crippen LogP contribution in [-0.4, -0.2) is 18.3 Å². The van der Waals surface area contributed by atoms with Crippen LogP contribution in [0, 0.1) is 11.3 Å². The van der Waals surface area contributed by atoms with Gasteiger partial charge < -0.3 is 5.01 Å². The van der Waals surface area contributed by atoms with Crippen molar-refractivity contribution in [2.45, 2.75) is 71.2 Å². The molecule has 2 N–H and O–H groups in total. The van der Waals surface area contributed by atoms with Crippen molar-refractivity contribution in [1.82, 2.24) is 4.98 Å². The van der Waals surface area contributed by atoms with Gasteiger partial charge in [0.1, 0.15) is 22.2 Å². The Balaban J connectivity index is 0.000000320. The number of alkyl halides is 3. The van der Waals surface area contributed by atoms with Gasteiger partial charge in [-0.25, -0.2) is 10.8 Å². The molecule has 1 aliphatic rings. The first kappa shape index (κ1) is 32.3. The van der Waals surface area contributed by atoms with E-state index in [0.717, 1.165) is 52.4 Å². The van der Waals surface area contributed by atoms with E-state index in [0.29, 0.717) is 11.8 Å². The topological polar surface area (TPSA) is 83.0 Å². The predicted molar refractivity (Wildman–Crippen MR) is 157 cm³/mol. The van der Waals surface area contributed by atoms with Gasteiger partial charge in [-0.05, 0) is 60.8 Å². The zero-order valence-electron chi connectivity index (χ0n) is 22.8. The molecule has 0 bridgehead atoms. The zero-order chi connectivity index (χ0) is 29.0. The Kier molecular flexibility index (Phi) is 13.0. The van der Waals surface area contributed by atoms with Crippen molar-refractivity contribution >= 4 is 44.6 Å². The maximum absolute atomic E-state index is 12.0. The first-order chi connectivity index (χ1) is 18.7. The molecule has 0 radical (unpaired) electrons. The maximum Gasteiger partial charge on any atom is 0.416 e. The van der Waals surface area contributed by atoms with Gasteiger partial charge in [0, 0.05) is 29.4 Å². The lowest BCUT2D eigenvalue weighted by Gasteiger charge is -2.13. The number of aromatic nitrogens is 1. The number of halogens is 3. The highest BCUT2D eigenvalue weighted by atomic mass is 32.2. The van der Waals surface area contributed by atoms with Crippen LogP contribution in [0.25, 0.3) is 10.2 Å². The maximum atomic E-state index is 12.0. The van der Waals surface area contributed by atoms with E-state index in [1.807, 2.05) is 13.8 Å². The van der Waals surface area contributed by atoms with Gasteiger partial charge in [0.05, 0.1) is 11.1 Å². The third kappa shape index (κ3) is 8.56. The van der Waals surface area contributed by atoms with E-state index in [1.54, 1.807) is 23.8 Å². The number of hydrogen-bond donors (Lipinski definition) is 1. The van der Waals surface area contributed by atoms with Crippen LogP contribution in [-0.2, 0) is 24.8 Å². The van der Waals surface area contributed by atoms with Crippen molar-refractivity contribution in [2.24, 2.45) is 5.84 Å². The number of aryl methyl sites for hydroxylation is 1. The summed E-state index contributed by atoms with van der Waals surface area (Å²) in [6.45, 7) is 6.14. The standard InChI is InChI=1S/C19H24N4S2.C8H5F3O.C2H6/c1-3-4-10-24-12-15-13-8-6-5-7-9-16(13)22-18-17(15)14(11-20)19(25-18)23(2)21;9-8(10,11)7-3-1-2-6(4-7)5-12;1-2/h4,10H,3,5-9,12,21H2,1-2H3;1-5H;1-2H3/b10-4-;;. The van der Waals surface area contributed by atoms with Gasteiger partial charge in [-0.1, -0.05) is 56.7 Å². The van der Waals surface area contributed by atoms with Gasteiger partial charge in [-0.15, -0.1) is 11.8 Å². The fraction of sp³-hybridized carbons (Fsp3) is 0.414. The van der Waals surface area contributed by atoms with E-state index in [-0.39, 0.29) is 5.56 Å². The lowest BCUT2D eigenvalue weighted by Crippen LogP contribution is -2.24. The average Bonchev–Trinajstić information content (AvgIpc) is 3.14. The molecule has 3 aromatic rings. The van der Waals surface area contributed by atoms with Crippen LogP contribution in [0.3, 0.4) is 0 Å². The zero-order valence-corrected chi connectivity index (χ0v) is 24.4. The first-order valence-electron chi connectivity index (χ1n) is 13.0. The molecule has 0 fully saturated rings. The van der Waals surface area contributed by atoms with E-state index < -0.39 is 11.7 Å². The third-order valence-electron chi connectivity index (χ3n) is 5.90. The van der Waals surface area contributed by atoms with Crippen LogP contribution in [0.4, 0.5) is 18.2 Å². The number of nitrogens with two attached hydrogens (primary N) is 1. The number of anilines is 1. The fourth-order valence-corrected chi connectivity index (χ4v) is 6.12. The number of aldehydes is 1. The monoisotopic (exact) mass is 576 g/mol. The van der Waals surface area contributed by atoms with Gasteiger partial charge >= 0.3 is 6.18 Å². The molecule has 0 aliphatic heterocycles. The van der Waals surface area contributed by atoms with Crippen molar-refractivity contribution in [2.75, 3.05) is 12.1 Å². The largest absolute Gasteiger partial charge is 0.416 e. The number of thiophene rings is 1. The van der Waals surface area contributed by atoms with Crippen LogP contribution in [0.1, 0.15) is 84.8 Å². The molecule has 10 heteroatoms. The minimum absolute atomic E-state index is 0.0322. The SMILES string of the molecule is CC.CC/C=C\SCc1c2c(nc3sc(N(C)N)c(C#N)c13)CCCCC2.O=Cc1cccc(C(F)(F)F)c1. The van der Waals surface area contributed by atoms with Crippen molar-refractivity contribution in [3.63, 3.8) is 0 Å². The number of benzene rings is 1. The summed E-state index contributed by atoms with van der Waals surface area (Å²) >= 11 is 3.34. The Morgan fingerprint density at radius 1 is 1.23 bits per heavy atom. The number of nitrogens with zero attached hydrogens (tertiary/aromatic N) is 3. The quantitative estimate of drug-likeness (QED) is 0.137. The summed E-state index contributed by atoms with van der Waals surface area (Å²) in [5, 5.41) is 15.3. The first-order valence-corrected chi connectivity index (χ1v) is 14.8. The number of pyridine rings is 1. The highest BCUT2D eigenvalue weighted by Crippen LogP contribution is 2.41. The van der Waals surface area contributed by atoms with Crippen molar-refractivity contribution < 1.29 is 18.0 Å². The second-order valence-corrected chi connectivity index (χ2v) is 10.5. The summed E-state index contributed by atoms with van der Waals surface area (Å²) in [6, 6.07) is 6.64. The molecule has 210 valence electrons. The normalized spacial score (nSPS) is 12.9. The van der Waals surface area contributed by atoms with Crippen molar-refractivity contribution in [3.05, 3.63) is 69.3 Å². The molecular weight excluding hydrogens is 541 g/mol. The molecule has 2 aromatic heterocycles. The fourth-order valence-electron chi connectivity index (χ4n) is 4.15. The number of carbonyl (C=O) groups is 1. The Morgan fingerprint density at radius 3 is 2.56 bits per heavy atom. The molecule has 0 amide bonds. The molecule has 0 unspecified atom stereocenters. The number of nitriles is 1. The number of rotatable bonds is 6. The summed E-state index contributed by atoms with van der Waals surface area (Å²) in [6.07, 6.45) is 5.01. The minimum Gasteiger partial charge on any atom is -0.304 e. The molecule has 2 heterocycles. The van der Waals surface area contributed by atoms with Gasteiger partial charge in [0.15, 0.2) is 0 Å². The second kappa shape index (κ2) is 15.7. The smallest absolute Gasteiger partial charge is 0.304 e. The second-order valence-electron chi connectivity index (χ2n) is 8.59. The van der Waals surface area contributed by atoms with E-state index in [4.69, 9.17) is 10.8 Å². The predicted octanol–water partition coefficient (Wildman–Crippen LogP) is 8.45. The molecule has 0 atom stereocenters. The Morgan fingerprint density at radius 2 is 1.95 bits per heavy atom. The molecular formula is C29H35F3N4OS2. The average molecular weight is 577 g/mol. The number of carbonyl (C=O) groups excluding carboxylic acids is 1. The van der Waals surface area contributed by atoms with Crippen molar-refractivity contribution in [3.8, 4) is 6.07 Å². The number of allylic oxidation sites excluding steroid dienone is 1. The number of thioether (sulfide) groups is 1. The van der Waals surface area contributed by atoms with Crippen LogP contribution in [0.15, 0.2) is 35.7 Å². The molecule has 5 nitrogen and oxygen atoms in total. The molecule has 4 rings (SSSR count). The summed E-state index contributed by atoms with van der Waals surface area (Å²) in [7, 11) is 1.79.